The highest BCUT2D eigenvalue weighted by molar-refractivity contribution is 7.12. The van der Waals surface area contributed by atoms with E-state index < -0.39 is 5.97 Å². The fourth-order valence-electron chi connectivity index (χ4n) is 2.70. The summed E-state index contributed by atoms with van der Waals surface area (Å²) < 4.78 is 5.09. The van der Waals surface area contributed by atoms with Gasteiger partial charge < -0.3 is 15.2 Å². The van der Waals surface area contributed by atoms with Crippen molar-refractivity contribution in [2.75, 3.05) is 13.2 Å². The lowest BCUT2D eigenvalue weighted by atomic mass is 10.1. The molecule has 2 aromatic rings. The van der Waals surface area contributed by atoms with E-state index in [4.69, 9.17) is 9.84 Å². The summed E-state index contributed by atoms with van der Waals surface area (Å²) in [6, 6.07) is 9.45. The summed E-state index contributed by atoms with van der Waals surface area (Å²) in [7, 11) is 0. The van der Waals surface area contributed by atoms with Crippen molar-refractivity contribution >= 4 is 23.2 Å². The minimum atomic E-state index is -0.999. The van der Waals surface area contributed by atoms with Crippen molar-refractivity contribution < 1.29 is 19.4 Å². The molecule has 0 aliphatic heterocycles. The van der Waals surface area contributed by atoms with Crippen molar-refractivity contribution in [1.29, 1.82) is 0 Å². The molecule has 0 saturated carbocycles. The molecule has 0 radical (unpaired) electrons. The standard InChI is InChI=1S/C20H25NO4S/c1-14-12-17(15(2)26-14)4-3-5-19(22)21-11-10-16-6-8-18(9-7-16)25-13-20(23)24/h6-9,12H,3-5,10-11,13H2,1-2H3,(H,21,22)(H,23,24). The largest absolute Gasteiger partial charge is 0.482 e. The Morgan fingerprint density at radius 1 is 1.15 bits per heavy atom. The number of hydrogen-bond acceptors (Lipinski definition) is 4. The third kappa shape index (κ3) is 6.88. The molecule has 0 fully saturated rings. The number of carboxylic acids is 1. The number of aryl methyl sites for hydroxylation is 3. The van der Waals surface area contributed by atoms with Gasteiger partial charge in [-0.2, -0.15) is 0 Å². The van der Waals surface area contributed by atoms with Crippen LogP contribution in [0.4, 0.5) is 0 Å². The number of amides is 1. The Morgan fingerprint density at radius 2 is 1.88 bits per heavy atom. The van der Waals surface area contributed by atoms with Crippen LogP contribution in [0.5, 0.6) is 5.75 Å². The van der Waals surface area contributed by atoms with Gasteiger partial charge in [-0.05, 0) is 62.4 Å². The molecular weight excluding hydrogens is 350 g/mol. The van der Waals surface area contributed by atoms with E-state index in [0.717, 1.165) is 24.8 Å². The highest BCUT2D eigenvalue weighted by atomic mass is 32.1. The molecule has 0 unspecified atom stereocenters. The first-order valence-corrected chi connectivity index (χ1v) is 9.52. The van der Waals surface area contributed by atoms with Crippen LogP contribution in [-0.2, 0) is 22.4 Å². The summed E-state index contributed by atoms with van der Waals surface area (Å²) in [5.41, 5.74) is 2.42. The highest BCUT2D eigenvalue weighted by Gasteiger charge is 2.06. The lowest BCUT2D eigenvalue weighted by molar-refractivity contribution is -0.139. The van der Waals surface area contributed by atoms with Crippen LogP contribution in [0.2, 0.25) is 0 Å². The first kappa shape index (κ1) is 20.0. The average molecular weight is 375 g/mol. The number of thiophene rings is 1. The van der Waals surface area contributed by atoms with Crippen LogP contribution < -0.4 is 10.1 Å². The highest BCUT2D eigenvalue weighted by Crippen LogP contribution is 2.22. The molecule has 140 valence electrons. The Kier molecular flexibility index (Phi) is 7.66. The van der Waals surface area contributed by atoms with Gasteiger partial charge in [-0.1, -0.05) is 12.1 Å². The lowest BCUT2D eigenvalue weighted by Crippen LogP contribution is -2.25. The van der Waals surface area contributed by atoms with Gasteiger partial charge in [0.25, 0.3) is 0 Å². The third-order valence-electron chi connectivity index (χ3n) is 4.02. The van der Waals surface area contributed by atoms with Crippen molar-refractivity contribution in [3.8, 4) is 5.75 Å². The van der Waals surface area contributed by atoms with Gasteiger partial charge in [-0.15, -0.1) is 11.3 Å². The van der Waals surface area contributed by atoms with Gasteiger partial charge >= 0.3 is 5.97 Å². The van der Waals surface area contributed by atoms with E-state index in [-0.39, 0.29) is 12.5 Å². The second kappa shape index (κ2) is 9.97. The van der Waals surface area contributed by atoms with Crippen molar-refractivity contribution in [2.45, 2.75) is 39.5 Å². The van der Waals surface area contributed by atoms with Gasteiger partial charge in [0, 0.05) is 22.7 Å². The summed E-state index contributed by atoms with van der Waals surface area (Å²) >= 11 is 1.81. The van der Waals surface area contributed by atoms with E-state index in [0.29, 0.717) is 18.7 Å². The fraction of sp³-hybridized carbons (Fsp3) is 0.400. The number of hydrogen-bond donors (Lipinski definition) is 2. The zero-order chi connectivity index (χ0) is 18.9. The number of nitrogens with one attached hydrogen (secondary N) is 1. The van der Waals surface area contributed by atoms with Gasteiger partial charge in [0.2, 0.25) is 5.91 Å². The molecule has 5 nitrogen and oxygen atoms in total. The van der Waals surface area contributed by atoms with E-state index in [1.807, 2.05) is 12.1 Å². The average Bonchev–Trinajstić information content (AvgIpc) is 2.91. The van der Waals surface area contributed by atoms with Crippen LogP contribution in [0.3, 0.4) is 0 Å². The van der Waals surface area contributed by atoms with Crippen LogP contribution in [0, 0.1) is 13.8 Å². The maximum absolute atomic E-state index is 11.9. The first-order chi connectivity index (χ1) is 12.4. The predicted molar refractivity (Wildman–Crippen MR) is 103 cm³/mol. The molecule has 0 atom stereocenters. The van der Waals surface area contributed by atoms with Gasteiger partial charge in [-0.3, -0.25) is 4.79 Å². The third-order valence-corrected chi connectivity index (χ3v) is 5.02. The van der Waals surface area contributed by atoms with Crippen LogP contribution >= 0.6 is 11.3 Å². The van der Waals surface area contributed by atoms with Crippen LogP contribution in [0.25, 0.3) is 0 Å². The molecule has 1 aromatic carbocycles. The molecule has 0 saturated heterocycles. The number of aliphatic carboxylic acids is 1. The first-order valence-electron chi connectivity index (χ1n) is 8.70. The number of benzene rings is 1. The second-order valence-corrected chi connectivity index (χ2v) is 7.68. The smallest absolute Gasteiger partial charge is 0.341 e. The van der Waals surface area contributed by atoms with Crippen molar-refractivity contribution in [3.05, 3.63) is 51.2 Å². The Balaban J connectivity index is 1.63. The van der Waals surface area contributed by atoms with Gasteiger partial charge in [-0.25, -0.2) is 4.79 Å². The molecule has 0 bridgehead atoms. The quantitative estimate of drug-likeness (QED) is 0.666. The van der Waals surface area contributed by atoms with E-state index >= 15 is 0 Å². The lowest BCUT2D eigenvalue weighted by Gasteiger charge is -2.07. The minimum absolute atomic E-state index is 0.0796. The van der Waals surface area contributed by atoms with Gasteiger partial charge in [0.1, 0.15) is 5.75 Å². The zero-order valence-corrected chi connectivity index (χ0v) is 16.0. The molecule has 1 aromatic heterocycles. The molecule has 1 amide bonds. The number of ether oxygens (including phenoxy) is 1. The van der Waals surface area contributed by atoms with Gasteiger partial charge in [0.15, 0.2) is 6.61 Å². The summed E-state index contributed by atoms with van der Waals surface area (Å²) in [4.78, 5) is 25.1. The number of carbonyl (C=O) groups is 2. The molecule has 0 aliphatic rings. The Morgan fingerprint density at radius 3 is 2.50 bits per heavy atom. The minimum Gasteiger partial charge on any atom is -0.482 e. The Bertz CT molecular complexity index is 737. The SMILES string of the molecule is Cc1cc(CCCC(=O)NCCc2ccc(OCC(=O)O)cc2)c(C)s1. The van der Waals surface area contributed by atoms with Crippen molar-refractivity contribution in [3.63, 3.8) is 0 Å². The molecule has 2 N–H and O–H groups in total. The van der Waals surface area contributed by atoms with Crippen LogP contribution in [0.1, 0.15) is 33.7 Å². The molecule has 2 rings (SSSR count). The fourth-order valence-corrected chi connectivity index (χ4v) is 3.68. The topological polar surface area (TPSA) is 75.6 Å². The van der Waals surface area contributed by atoms with E-state index in [1.54, 1.807) is 23.5 Å². The molecule has 0 spiro atoms. The molecule has 1 heterocycles. The second-order valence-electron chi connectivity index (χ2n) is 6.22. The van der Waals surface area contributed by atoms with E-state index in [1.165, 1.54) is 15.3 Å². The molecule has 6 heteroatoms. The summed E-state index contributed by atoms with van der Waals surface area (Å²) in [6.07, 6.45) is 3.07. The van der Waals surface area contributed by atoms with Crippen LogP contribution in [0.15, 0.2) is 30.3 Å². The number of rotatable bonds is 10. The maximum Gasteiger partial charge on any atom is 0.341 e. The number of carbonyl (C=O) groups excluding carboxylic acids is 1. The molecule has 26 heavy (non-hydrogen) atoms. The molecule has 0 aliphatic carbocycles. The van der Waals surface area contributed by atoms with Crippen molar-refractivity contribution in [1.82, 2.24) is 5.32 Å². The molecular formula is C20H25NO4S. The summed E-state index contributed by atoms with van der Waals surface area (Å²) in [5.74, 6) is -0.392. The monoisotopic (exact) mass is 375 g/mol. The van der Waals surface area contributed by atoms with Crippen molar-refractivity contribution in [2.24, 2.45) is 0 Å². The zero-order valence-electron chi connectivity index (χ0n) is 15.2. The van der Waals surface area contributed by atoms with E-state index in [2.05, 4.69) is 25.2 Å². The van der Waals surface area contributed by atoms with Gasteiger partial charge in [0.05, 0.1) is 0 Å². The van der Waals surface area contributed by atoms with E-state index in [9.17, 15) is 9.59 Å². The summed E-state index contributed by atoms with van der Waals surface area (Å²) in [5, 5.41) is 11.5. The normalized spacial score (nSPS) is 10.5. The maximum atomic E-state index is 11.9. The predicted octanol–water partition coefficient (Wildman–Crippen LogP) is 3.51. The Labute approximate surface area is 158 Å². The van der Waals surface area contributed by atoms with Crippen LogP contribution in [-0.4, -0.2) is 30.1 Å². The Hall–Kier alpha value is -2.34. The number of carboxylic acid groups (broad SMARTS) is 1. The summed E-state index contributed by atoms with van der Waals surface area (Å²) in [6.45, 7) is 4.48.